The average Bonchev–Trinajstić information content (AvgIpc) is 2.60. The maximum absolute atomic E-state index is 11.6. The van der Waals surface area contributed by atoms with Crippen molar-refractivity contribution in [3.05, 3.63) is 61.3 Å². The normalized spacial score (nSPS) is 10.3. The number of fused-ring (bicyclic) bond motifs is 1. The zero-order valence-corrected chi connectivity index (χ0v) is 13.6. The molecule has 3 rings (SSSR count). The van der Waals surface area contributed by atoms with Gasteiger partial charge in [-0.2, -0.15) is 0 Å². The highest BCUT2D eigenvalue weighted by Gasteiger charge is 2.08. The number of para-hydroxylation sites is 2. The molecule has 25 heavy (non-hydrogen) atoms. The van der Waals surface area contributed by atoms with Gasteiger partial charge in [0.1, 0.15) is 0 Å². The van der Waals surface area contributed by atoms with Crippen LogP contribution in [0.3, 0.4) is 0 Å². The summed E-state index contributed by atoms with van der Waals surface area (Å²) in [5.41, 5.74) is 4.01. The van der Waals surface area contributed by atoms with Crippen LogP contribution < -0.4 is 10.6 Å². The predicted octanol–water partition coefficient (Wildman–Crippen LogP) is 3.38. The molecule has 6 heteroatoms. The van der Waals surface area contributed by atoms with Gasteiger partial charge in [-0.15, -0.1) is 0 Å². The minimum Gasteiger partial charge on any atom is -0.326 e. The second kappa shape index (κ2) is 6.92. The number of amides is 2. The molecule has 0 saturated carbocycles. The molecule has 0 bridgehead atoms. The van der Waals surface area contributed by atoms with Crippen LogP contribution in [0.4, 0.5) is 11.4 Å². The molecule has 0 fully saturated rings. The Morgan fingerprint density at radius 2 is 1.72 bits per heavy atom. The molecule has 0 radical (unpaired) electrons. The maximum atomic E-state index is 11.6. The van der Waals surface area contributed by atoms with Crippen molar-refractivity contribution in [2.45, 2.75) is 6.92 Å². The average molecular weight is 332 g/mol. The summed E-state index contributed by atoms with van der Waals surface area (Å²) in [5.74, 6) is -0.543. The number of hydrogen-bond donors (Lipinski definition) is 2. The van der Waals surface area contributed by atoms with Crippen molar-refractivity contribution in [1.29, 1.82) is 0 Å². The van der Waals surface area contributed by atoms with Gasteiger partial charge >= 0.3 is 0 Å². The Hall–Kier alpha value is -3.54. The summed E-state index contributed by atoms with van der Waals surface area (Å²) < 4.78 is 0. The fraction of sp³-hybridized carbons (Fsp3) is 0.0526. The van der Waals surface area contributed by atoms with Crippen LogP contribution in [0.15, 0.2) is 61.3 Å². The minimum atomic E-state index is -0.337. The first-order valence-corrected chi connectivity index (χ1v) is 7.63. The van der Waals surface area contributed by atoms with Crippen molar-refractivity contribution in [2.75, 3.05) is 10.6 Å². The fourth-order valence-corrected chi connectivity index (χ4v) is 2.41. The summed E-state index contributed by atoms with van der Waals surface area (Å²) in [6, 6.07) is 12.8. The van der Waals surface area contributed by atoms with Crippen molar-refractivity contribution in [1.82, 2.24) is 9.97 Å². The van der Waals surface area contributed by atoms with E-state index >= 15 is 0 Å². The molecule has 0 spiro atoms. The van der Waals surface area contributed by atoms with Crippen LogP contribution in [0.25, 0.3) is 22.3 Å². The number of carbonyl (C=O) groups is 2. The largest absolute Gasteiger partial charge is 0.326 e. The summed E-state index contributed by atoms with van der Waals surface area (Å²) in [6.07, 6.45) is 2.84. The van der Waals surface area contributed by atoms with Crippen LogP contribution in [0.5, 0.6) is 0 Å². The zero-order chi connectivity index (χ0) is 17.8. The van der Waals surface area contributed by atoms with Crippen molar-refractivity contribution >= 4 is 34.2 Å². The summed E-state index contributed by atoms with van der Waals surface area (Å²) in [6.45, 7) is 4.86. The molecule has 0 unspecified atom stereocenters. The Balaban J connectivity index is 2.08. The number of anilines is 2. The molecule has 0 aliphatic carbocycles. The van der Waals surface area contributed by atoms with Crippen LogP contribution in [0.2, 0.25) is 0 Å². The van der Waals surface area contributed by atoms with Gasteiger partial charge in [-0.05, 0) is 36.4 Å². The topological polar surface area (TPSA) is 84.0 Å². The van der Waals surface area contributed by atoms with Gasteiger partial charge < -0.3 is 10.6 Å². The smallest absolute Gasteiger partial charge is 0.247 e. The van der Waals surface area contributed by atoms with E-state index in [2.05, 4.69) is 27.2 Å². The van der Waals surface area contributed by atoms with E-state index in [9.17, 15) is 9.59 Å². The molecular weight excluding hydrogens is 316 g/mol. The predicted molar refractivity (Wildman–Crippen MR) is 98.1 cm³/mol. The summed E-state index contributed by atoms with van der Waals surface area (Å²) in [4.78, 5) is 32.0. The van der Waals surface area contributed by atoms with Gasteiger partial charge in [-0.25, -0.2) is 4.98 Å². The first kappa shape index (κ1) is 16.3. The minimum absolute atomic E-state index is 0.206. The zero-order valence-electron chi connectivity index (χ0n) is 13.6. The van der Waals surface area contributed by atoms with Gasteiger partial charge in [0.05, 0.1) is 22.9 Å². The van der Waals surface area contributed by atoms with Crippen molar-refractivity contribution in [3.8, 4) is 11.3 Å². The van der Waals surface area contributed by atoms with Crippen LogP contribution in [-0.2, 0) is 9.59 Å². The number of aromatic nitrogens is 2. The lowest BCUT2D eigenvalue weighted by Gasteiger charge is -2.11. The van der Waals surface area contributed by atoms with Gasteiger partial charge in [0, 0.05) is 23.9 Å². The standard InChI is InChI=1S/C19H16N4O2/c1-3-19(25)22-15-9-13(8-14(10-15)21-12(2)24)18-11-20-16-6-4-5-7-17(16)23-18/h3-11H,1H2,2H3,(H,21,24)(H,22,25). The number of nitrogens with one attached hydrogen (secondary N) is 2. The molecule has 0 saturated heterocycles. The van der Waals surface area contributed by atoms with Crippen molar-refractivity contribution < 1.29 is 9.59 Å². The summed E-state index contributed by atoms with van der Waals surface area (Å²) >= 11 is 0. The molecule has 1 aromatic heterocycles. The Morgan fingerprint density at radius 3 is 2.40 bits per heavy atom. The van der Waals surface area contributed by atoms with Gasteiger partial charge in [-0.1, -0.05) is 18.7 Å². The number of carbonyl (C=O) groups excluding carboxylic acids is 2. The second-order valence-corrected chi connectivity index (χ2v) is 5.42. The number of hydrogen-bond acceptors (Lipinski definition) is 4. The van der Waals surface area contributed by atoms with E-state index in [-0.39, 0.29) is 11.8 Å². The molecule has 124 valence electrons. The fourth-order valence-electron chi connectivity index (χ4n) is 2.41. The molecule has 0 aliphatic rings. The lowest BCUT2D eigenvalue weighted by atomic mass is 10.1. The third-order valence-corrected chi connectivity index (χ3v) is 3.45. The van der Waals surface area contributed by atoms with E-state index in [1.165, 1.54) is 13.0 Å². The van der Waals surface area contributed by atoms with Crippen LogP contribution in [-0.4, -0.2) is 21.8 Å². The number of rotatable bonds is 4. The van der Waals surface area contributed by atoms with Gasteiger partial charge in [0.25, 0.3) is 0 Å². The molecule has 6 nitrogen and oxygen atoms in total. The molecule has 0 atom stereocenters. The van der Waals surface area contributed by atoms with Gasteiger partial charge in [0.2, 0.25) is 11.8 Å². The molecule has 2 aromatic carbocycles. The Bertz CT molecular complexity index is 982. The third kappa shape index (κ3) is 3.87. The number of benzene rings is 2. The highest BCUT2D eigenvalue weighted by Crippen LogP contribution is 2.27. The van der Waals surface area contributed by atoms with E-state index in [1.807, 2.05) is 24.3 Å². The Labute approximate surface area is 144 Å². The second-order valence-electron chi connectivity index (χ2n) is 5.42. The Morgan fingerprint density at radius 1 is 1.04 bits per heavy atom. The van der Waals surface area contributed by atoms with Crippen LogP contribution in [0.1, 0.15) is 6.92 Å². The first-order chi connectivity index (χ1) is 12.0. The Kier molecular flexibility index (Phi) is 4.52. The number of nitrogens with zero attached hydrogens (tertiary/aromatic N) is 2. The highest BCUT2D eigenvalue weighted by atomic mass is 16.2. The summed E-state index contributed by atoms with van der Waals surface area (Å²) in [5, 5.41) is 5.42. The monoisotopic (exact) mass is 332 g/mol. The van der Waals surface area contributed by atoms with E-state index in [0.29, 0.717) is 17.1 Å². The van der Waals surface area contributed by atoms with E-state index in [1.54, 1.807) is 24.4 Å². The van der Waals surface area contributed by atoms with E-state index < -0.39 is 0 Å². The maximum Gasteiger partial charge on any atom is 0.247 e. The van der Waals surface area contributed by atoms with Crippen LogP contribution >= 0.6 is 0 Å². The van der Waals surface area contributed by atoms with E-state index in [0.717, 1.165) is 16.6 Å². The third-order valence-electron chi connectivity index (χ3n) is 3.45. The molecule has 0 aliphatic heterocycles. The molecule has 3 aromatic rings. The summed E-state index contributed by atoms with van der Waals surface area (Å²) in [7, 11) is 0. The lowest BCUT2D eigenvalue weighted by Crippen LogP contribution is -2.10. The quantitative estimate of drug-likeness (QED) is 0.717. The molecule has 2 amide bonds. The molecule has 2 N–H and O–H groups in total. The lowest BCUT2D eigenvalue weighted by molar-refractivity contribution is -0.114. The SMILES string of the molecule is C=CC(=O)Nc1cc(NC(C)=O)cc(-c2cnc3ccccc3n2)c1. The molecule has 1 heterocycles. The molecular formula is C19H16N4O2. The van der Waals surface area contributed by atoms with Crippen LogP contribution in [0, 0.1) is 0 Å². The highest BCUT2D eigenvalue weighted by molar-refractivity contribution is 6.00. The van der Waals surface area contributed by atoms with Gasteiger partial charge in [-0.3, -0.25) is 14.6 Å². The first-order valence-electron chi connectivity index (χ1n) is 7.63. The van der Waals surface area contributed by atoms with Gasteiger partial charge in [0.15, 0.2) is 0 Å². The van der Waals surface area contributed by atoms with E-state index in [4.69, 9.17) is 0 Å². The van der Waals surface area contributed by atoms with Crippen molar-refractivity contribution in [3.63, 3.8) is 0 Å². The van der Waals surface area contributed by atoms with Crippen molar-refractivity contribution in [2.24, 2.45) is 0 Å².